The monoisotopic (exact) mass is 283 g/mol. The molecule has 0 bridgehead atoms. The summed E-state index contributed by atoms with van der Waals surface area (Å²) in [5.74, 6) is 0.655. The number of aromatic nitrogens is 2. The number of amides is 1. The van der Waals surface area contributed by atoms with Crippen LogP contribution in [0.25, 0.3) is 0 Å². The number of aliphatic hydroxyl groups is 1. The maximum atomic E-state index is 12.1. The van der Waals surface area contributed by atoms with E-state index in [4.69, 9.17) is 0 Å². The zero-order chi connectivity index (χ0) is 13.7. The van der Waals surface area contributed by atoms with Crippen molar-refractivity contribution in [1.82, 2.24) is 14.9 Å². The Bertz CT molecular complexity index is 422. The summed E-state index contributed by atoms with van der Waals surface area (Å²) >= 11 is 1.15. The SMILES string of the molecule is CCc1nnsc1C(=O)NCC1CCCCC1CO. The summed E-state index contributed by atoms with van der Waals surface area (Å²) in [5.41, 5.74) is 0.768. The zero-order valence-electron chi connectivity index (χ0n) is 11.3. The molecule has 19 heavy (non-hydrogen) atoms. The summed E-state index contributed by atoms with van der Waals surface area (Å²) in [6.45, 7) is 2.84. The van der Waals surface area contributed by atoms with Gasteiger partial charge in [-0.15, -0.1) is 5.10 Å². The summed E-state index contributed by atoms with van der Waals surface area (Å²) in [6, 6.07) is 0. The molecule has 0 aliphatic heterocycles. The quantitative estimate of drug-likeness (QED) is 0.861. The minimum atomic E-state index is -0.0749. The minimum Gasteiger partial charge on any atom is -0.396 e. The highest BCUT2D eigenvalue weighted by Crippen LogP contribution is 2.29. The Morgan fingerprint density at radius 1 is 1.42 bits per heavy atom. The fourth-order valence-corrected chi connectivity index (χ4v) is 3.38. The standard InChI is InChI=1S/C13H21N3O2S/c1-2-11-12(19-16-15-11)13(18)14-7-9-5-3-4-6-10(9)8-17/h9-10,17H,2-8H2,1H3,(H,14,18). The van der Waals surface area contributed by atoms with Gasteiger partial charge >= 0.3 is 0 Å². The highest BCUT2D eigenvalue weighted by Gasteiger charge is 2.25. The molecule has 1 fully saturated rings. The van der Waals surface area contributed by atoms with Crippen molar-refractivity contribution >= 4 is 17.4 Å². The smallest absolute Gasteiger partial charge is 0.264 e. The lowest BCUT2D eigenvalue weighted by molar-refractivity contribution is 0.0912. The van der Waals surface area contributed by atoms with Crippen LogP contribution in [0.15, 0.2) is 0 Å². The summed E-state index contributed by atoms with van der Waals surface area (Å²) in [5, 5.41) is 16.3. The van der Waals surface area contributed by atoms with Crippen molar-refractivity contribution in [3.8, 4) is 0 Å². The normalized spacial score (nSPS) is 23.3. The molecule has 1 aliphatic carbocycles. The molecular weight excluding hydrogens is 262 g/mol. The Kier molecular flexibility index (Phi) is 5.27. The molecule has 0 spiro atoms. The van der Waals surface area contributed by atoms with Crippen LogP contribution in [0.5, 0.6) is 0 Å². The van der Waals surface area contributed by atoms with Gasteiger partial charge in [-0.25, -0.2) is 0 Å². The highest BCUT2D eigenvalue weighted by molar-refractivity contribution is 7.08. The molecule has 1 aromatic rings. The van der Waals surface area contributed by atoms with Gasteiger partial charge in [-0.05, 0) is 42.6 Å². The molecule has 0 saturated heterocycles. The zero-order valence-corrected chi connectivity index (χ0v) is 12.1. The Labute approximate surface area is 117 Å². The summed E-state index contributed by atoms with van der Waals surface area (Å²) in [6.07, 6.45) is 5.27. The average molecular weight is 283 g/mol. The van der Waals surface area contributed by atoms with Gasteiger partial charge in [0.25, 0.3) is 5.91 Å². The van der Waals surface area contributed by atoms with E-state index in [1.54, 1.807) is 0 Å². The Morgan fingerprint density at radius 2 is 2.16 bits per heavy atom. The van der Waals surface area contributed by atoms with Crippen LogP contribution in [-0.2, 0) is 6.42 Å². The van der Waals surface area contributed by atoms with E-state index >= 15 is 0 Å². The van der Waals surface area contributed by atoms with Crippen molar-refractivity contribution in [1.29, 1.82) is 0 Å². The number of carbonyl (C=O) groups excluding carboxylic acids is 1. The first kappa shape index (κ1) is 14.4. The van der Waals surface area contributed by atoms with E-state index in [1.807, 2.05) is 6.92 Å². The van der Waals surface area contributed by atoms with Crippen molar-refractivity contribution in [3.63, 3.8) is 0 Å². The van der Waals surface area contributed by atoms with Gasteiger partial charge in [0.15, 0.2) is 0 Å². The molecule has 1 saturated carbocycles. The van der Waals surface area contributed by atoms with E-state index < -0.39 is 0 Å². The molecule has 2 unspecified atom stereocenters. The Morgan fingerprint density at radius 3 is 2.84 bits per heavy atom. The van der Waals surface area contributed by atoms with E-state index in [2.05, 4.69) is 14.9 Å². The number of hydrogen-bond acceptors (Lipinski definition) is 5. The molecular formula is C13H21N3O2S. The van der Waals surface area contributed by atoms with Gasteiger partial charge in [0, 0.05) is 13.2 Å². The molecule has 5 nitrogen and oxygen atoms in total. The van der Waals surface area contributed by atoms with Gasteiger partial charge in [-0.2, -0.15) is 0 Å². The van der Waals surface area contributed by atoms with E-state index in [0.717, 1.165) is 36.5 Å². The summed E-state index contributed by atoms with van der Waals surface area (Å²) in [4.78, 5) is 12.7. The highest BCUT2D eigenvalue weighted by atomic mass is 32.1. The van der Waals surface area contributed by atoms with Crippen LogP contribution in [0.1, 0.15) is 48.0 Å². The Balaban J connectivity index is 1.89. The van der Waals surface area contributed by atoms with Crippen LogP contribution >= 0.6 is 11.5 Å². The van der Waals surface area contributed by atoms with E-state index in [9.17, 15) is 9.90 Å². The molecule has 1 heterocycles. The number of rotatable bonds is 5. The van der Waals surface area contributed by atoms with Crippen molar-refractivity contribution in [2.45, 2.75) is 39.0 Å². The van der Waals surface area contributed by atoms with Crippen LogP contribution in [0.4, 0.5) is 0 Å². The molecule has 1 amide bonds. The fraction of sp³-hybridized carbons (Fsp3) is 0.769. The van der Waals surface area contributed by atoms with Crippen LogP contribution in [0, 0.1) is 11.8 Å². The molecule has 0 aromatic carbocycles. The predicted octanol–water partition coefficient (Wildman–Crippen LogP) is 1.63. The van der Waals surface area contributed by atoms with Gasteiger partial charge in [-0.3, -0.25) is 4.79 Å². The van der Waals surface area contributed by atoms with Gasteiger partial charge in [-0.1, -0.05) is 24.3 Å². The number of aliphatic hydroxyl groups excluding tert-OH is 1. The van der Waals surface area contributed by atoms with Crippen molar-refractivity contribution in [3.05, 3.63) is 10.6 Å². The Hall–Kier alpha value is -1.01. The van der Waals surface area contributed by atoms with Crippen LogP contribution < -0.4 is 5.32 Å². The molecule has 6 heteroatoms. The minimum absolute atomic E-state index is 0.0749. The van der Waals surface area contributed by atoms with Gasteiger partial charge in [0.05, 0.1) is 5.69 Å². The molecule has 2 N–H and O–H groups in total. The van der Waals surface area contributed by atoms with Gasteiger partial charge in [0.1, 0.15) is 4.88 Å². The molecule has 106 valence electrons. The van der Waals surface area contributed by atoms with E-state index in [0.29, 0.717) is 23.3 Å². The second-order valence-corrected chi connectivity index (χ2v) is 5.85. The molecule has 2 rings (SSSR count). The van der Waals surface area contributed by atoms with Gasteiger partial charge in [0.2, 0.25) is 0 Å². The molecule has 2 atom stereocenters. The first-order chi connectivity index (χ1) is 9.26. The van der Waals surface area contributed by atoms with Crippen molar-refractivity contribution < 1.29 is 9.90 Å². The first-order valence-electron chi connectivity index (χ1n) is 6.96. The lowest BCUT2D eigenvalue weighted by Crippen LogP contribution is -2.35. The van der Waals surface area contributed by atoms with E-state index in [1.165, 1.54) is 12.8 Å². The van der Waals surface area contributed by atoms with Crippen LogP contribution in [0.3, 0.4) is 0 Å². The molecule has 1 aliphatic rings. The summed E-state index contributed by atoms with van der Waals surface area (Å²) in [7, 11) is 0. The first-order valence-corrected chi connectivity index (χ1v) is 7.73. The van der Waals surface area contributed by atoms with Crippen molar-refractivity contribution in [2.24, 2.45) is 11.8 Å². The molecule has 1 aromatic heterocycles. The summed E-state index contributed by atoms with van der Waals surface area (Å²) < 4.78 is 3.83. The number of hydrogen-bond donors (Lipinski definition) is 2. The lowest BCUT2D eigenvalue weighted by Gasteiger charge is -2.30. The number of nitrogens with zero attached hydrogens (tertiary/aromatic N) is 2. The second kappa shape index (κ2) is 6.96. The third kappa shape index (κ3) is 3.51. The van der Waals surface area contributed by atoms with Crippen molar-refractivity contribution in [2.75, 3.05) is 13.2 Å². The number of aryl methyl sites for hydroxylation is 1. The maximum absolute atomic E-state index is 12.1. The van der Waals surface area contributed by atoms with Crippen LogP contribution in [-0.4, -0.2) is 33.8 Å². The predicted molar refractivity (Wildman–Crippen MR) is 74.2 cm³/mol. The average Bonchev–Trinajstić information content (AvgIpc) is 2.93. The van der Waals surface area contributed by atoms with Crippen LogP contribution in [0.2, 0.25) is 0 Å². The molecule has 0 radical (unpaired) electrons. The van der Waals surface area contributed by atoms with E-state index in [-0.39, 0.29) is 12.5 Å². The number of carbonyl (C=O) groups is 1. The third-order valence-corrected chi connectivity index (χ3v) is 4.69. The maximum Gasteiger partial charge on any atom is 0.264 e. The lowest BCUT2D eigenvalue weighted by atomic mass is 9.79. The van der Waals surface area contributed by atoms with Gasteiger partial charge < -0.3 is 10.4 Å². The number of nitrogens with one attached hydrogen (secondary N) is 1. The largest absolute Gasteiger partial charge is 0.396 e. The third-order valence-electron chi connectivity index (χ3n) is 3.92. The topological polar surface area (TPSA) is 75.1 Å². The fourth-order valence-electron chi connectivity index (χ4n) is 2.71. The second-order valence-electron chi connectivity index (χ2n) is 5.10.